The van der Waals surface area contributed by atoms with Gasteiger partial charge in [0, 0.05) is 11.2 Å². The van der Waals surface area contributed by atoms with Gasteiger partial charge in [0.2, 0.25) is 5.82 Å². The molecule has 0 radical (unpaired) electrons. The lowest BCUT2D eigenvalue weighted by atomic mass is 10.2. The van der Waals surface area contributed by atoms with Crippen LogP contribution in [-0.4, -0.2) is 20.2 Å². The highest BCUT2D eigenvalue weighted by Crippen LogP contribution is 2.31. The molecule has 1 aromatic carbocycles. The van der Waals surface area contributed by atoms with E-state index in [0.717, 1.165) is 0 Å². The van der Waals surface area contributed by atoms with Gasteiger partial charge in [-0.1, -0.05) is 22.8 Å². The van der Waals surface area contributed by atoms with E-state index >= 15 is 0 Å². The van der Waals surface area contributed by atoms with Gasteiger partial charge in [0.15, 0.2) is 0 Å². The smallest absolute Gasteiger partial charge is 0.262 e. The first-order valence-electron chi connectivity index (χ1n) is 5.48. The summed E-state index contributed by atoms with van der Waals surface area (Å²) in [4.78, 5) is 8.32. The van der Waals surface area contributed by atoms with E-state index in [2.05, 4.69) is 15.1 Å². The van der Waals surface area contributed by atoms with Gasteiger partial charge in [-0.3, -0.25) is 4.98 Å². The van der Waals surface area contributed by atoms with Crippen molar-refractivity contribution in [2.45, 2.75) is 0 Å². The van der Waals surface area contributed by atoms with Gasteiger partial charge in [0.25, 0.3) is 5.89 Å². The van der Waals surface area contributed by atoms with Crippen LogP contribution in [0.5, 0.6) is 5.75 Å². The summed E-state index contributed by atoms with van der Waals surface area (Å²) < 4.78 is 5.12. The lowest BCUT2D eigenvalue weighted by molar-refractivity contribution is 0.425. The summed E-state index contributed by atoms with van der Waals surface area (Å²) in [6, 6.07) is 10.1. The van der Waals surface area contributed by atoms with Crippen LogP contribution in [0.2, 0.25) is 5.02 Å². The van der Waals surface area contributed by atoms with E-state index in [0.29, 0.717) is 22.1 Å². The van der Waals surface area contributed by atoms with Crippen molar-refractivity contribution in [2.75, 3.05) is 0 Å². The highest BCUT2D eigenvalue weighted by molar-refractivity contribution is 6.30. The third-order valence-electron chi connectivity index (χ3n) is 2.51. The molecule has 2 heterocycles. The standard InChI is InChI=1S/C13H8ClN3O2/c14-8-4-5-9(11(18)7-8)13-16-12(17-19-13)10-3-1-2-6-15-10/h1-7,18H. The minimum atomic E-state index is -0.0104. The van der Waals surface area contributed by atoms with Crippen LogP contribution in [0, 0.1) is 0 Å². The maximum atomic E-state index is 9.80. The van der Waals surface area contributed by atoms with Crippen molar-refractivity contribution in [3.05, 3.63) is 47.6 Å². The number of rotatable bonds is 2. The molecule has 94 valence electrons. The van der Waals surface area contributed by atoms with E-state index in [-0.39, 0.29) is 11.6 Å². The highest BCUT2D eigenvalue weighted by atomic mass is 35.5. The summed E-state index contributed by atoms with van der Waals surface area (Å²) in [6.45, 7) is 0. The summed E-state index contributed by atoms with van der Waals surface area (Å²) in [5.41, 5.74) is 1.03. The molecule has 6 heteroatoms. The number of benzene rings is 1. The van der Waals surface area contributed by atoms with Gasteiger partial charge in [0.05, 0.1) is 5.56 Å². The number of halogens is 1. The number of phenols is 1. The monoisotopic (exact) mass is 273 g/mol. The quantitative estimate of drug-likeness (QED) is 0.776. The molecule has 1 N–H and O–H groups in total. The summed E-state index contributed by atoms with van der Waals surface area (Å²) >= 11 is 5.77. The topological polar surface area (TPSA) is 72.0 Å². The van der Waals surface area contributed by atoms with Crippen molar-refractivity contribution < 1.29 is 9.63 Å². The Morgan fingerprint density at radius 2 is 2.05 bits per heavy atom. The van der Waals surface area contributed by atoms with Crippen molar-refractivity contribution in [3.63, 3.8) is 0 Å². The number of aromatic hydroxyl groups is 1. The fourth-order valence-corrected chi connectivity index (χ4v) is 1.78. The van der Waals surface area contributed by atoms with E-state index in [1.54, 1.807) is 30.5 Å². The maximum Gasteiger partial charge on any atom is 0.262 e. The van der Waals surface area contributed by atoms with Crippen LogP contribution in [0.1, 0.15) is 0 Å². The van der Waals surface area contributed by atoms with Crippen LogP contribution >= 0.6 is 11.6 Å². The van der Waals surface area contributed by atoms with Gasteiger partial charge in [0.1, 0.15) is 11.4 Å². The Balaban J connectivity index is 2.02. The molecule has 0 saturated heterocycles. The van der Waals surface area contributed by atoms with Crippen molar-refractivity contribution in [2.24, 2.45) is 0 Å². The van der Waals surface area contributed by atoms with Gasteiger partial charge in [-0.15, -0.1) is 0 Å². The van der Waals surface area contributed by atoms with E-state index in [1.165, 1.54) is 6.07 Å². The van der Waals surface area contributed by atoms with E-state index in [4.69, 9.17) is 16.1 Å². The summed E-state index contributed by atoms with van der Waals surface area (Å²) in [6.07, 6.45) is 1.64. The van der Waals surface area contributed by atoms with E-state index in [1.807, 2.05) is 6.07 Å². The molecular weight excluding hydrogens is 266 g/mol. The fourth-order valence-electron chi connectivity index (χ4n) is 1.62. The minimum Gasteiger partial charge on any atom is -0.507 e. The second-order valence-electron chi connectivity index (χ2n) is 3.80. The molecule has 0 amide bonds. The lowest BCUT2D eigenvalue weighted by Crippen LogP contribution is -1.84. The largest absolute Gasteiger partial charge is 0.507 e. The molecule has 0 bridgehead atoms. The number of hydrogen-bond acceptors (Lipinski definition) is 5. The summed E-state index contributed by atoms with van der Waals surface area (Å²) in [7, 11) is 0. The predicted molar refractivity (Wildman–Crippen MR) is 69.6 cm³/mol. The number of pyridine rings is 1. The van der Waals surface area contributed by atoms with Gasteiger partial charge < -0.3 is 9.63 Å². The maximum absolute atomic E-state index is 9.80. The molecule has 3 aromatic rings. The predicted octanol–water partition coefficient (Wildman–Crippen LogP) is 3.16. The number of aromatic nitrogens is 3. The molecule has 0 aliphatic carbocycles. The van der Waals surface area contributed by atoms with Crippen molar-refractivity contribution in [1.29, 1.82) is 0 Å². The SMILES string of the molecule is Oc1cc(Cl)ccc1-c1nc(-c2ccccn2)no1. The Bertz CT molecular complexity index is 713. The number of hydrogen-bond donors (Lipinski definition) is 1. The Hall–Kier alpha value is -2.40. The molecule has 3 rings (SSSR count). The number of nitrogens with zero attached hydrogens (tertiary/aromatic N) is 3. The third-order valence-corrected chi connectivity index (χ3v) is 2.75. The Morgan fingerprint density at radius 3 is 2.79 bits per heavy atom. The number of phenolic OH excluding ortho intramolecular Hbond substituents is 1. The molecule has 2 aromatic heterocycles. The Morgan fingerprint density at radius 1 is 1.16 bits per heavy atom. The van der Waals surface area contributed by atoms with Crippen molar-refractivity contribution in [3.8, 4) is 28.7 Å². The average molecular weight is 274 g/mol. The van der Waals surface area contributed by atoms with Gasteiger partial charge in [-0.2, -0.15) is 4.98 Å². The molecular formula is C13H8ClN3O2. The zero-order valence-corrected chi connectivity index (χ0v) is 10.4. The van der Waals surface area contributed by atoms with Crippen molar-refractivity contribution in [1.82, 2.24) is 15.1 Å². The average Bonchev–Trinajstić information content (AvgIpc) is 2.89. The molecule has 0 unspecified atom stereocenters. The first kappa shape index (κ1) is 11.7. The van der Waals surface area contributed by atoms with Crippen LogP contribution < -0.4 is 0 Å². The summed E-state index contributed by atoms with van der Waals surface area (Å²) in [5, 5.41) is 14.1. The minimum absolute atomic E-state index is 0.0104. The van der Waals surface area contributed by atoms with Crippen LogP contribution in [-0.2, 0) is 0 Å². The lowest BCUT2D eigenvalue weighted by Gasteiger charge is -1.98. The fraction of sp³-hybridized carbons (Fsp3) is 0. The molecule has 5 nitrogen and oxygen atoms in total. The van der Waals surface area contributed by atoms with Gasteiger partial charge in [-0.05, 0) is 30.3 Å². The Kier molecular flexibility index (Phi) is 2.89. The van der Waals surface area contributed by atoms with E-state index < -0.39 is 0 Å². The normalized spacial score (nSPS) is 10.6. The zero-order valence-electron chi connectivity index (χ0n) is 9.62. The van der Waals surface area contributed by atoms with Crippen LogP contribution in [0.25, 0.3) is 23.0 Å². The van der Waals surface area contributed by atoms with Crippen LogP contribution in [0.3, 0.4) is 0 Å². The van der Waals surface area contributed by atoms with Gasteiger partial charge in [-0.25, -0.2) is 0 Å². The molecule has 0 aliphatic heterocycles. The summed E-state index contributed by atoms with van der Waals surface area (Å²) in [5.74, 6) is 0.573. The van der Waals surface area contributed by atoms with Crippen molar-refractivity contribution >= 4 is 11.6 Å². The molecule has 0 aliphatic rings. The second-order valence-corrected chi connectivity index (χ2v) is 4.24. The van der Waals surface area contributed by atoms with Crippen LogP contribution in [0.4, 0.5) is 0 Å². The first-order valence-corrected chi connectivity index (χ1v) is 5.86. The van der Waals surface area contributed by atoms with Crippen LogP contribution in [0.15, 0.2) is 47.1 Å². The highest BCUT2D eigenvalue weighted by Gasteiger charge is 2.14. The molecule has 0 fully saturated rings. The zero-order chi connectivity index (χ0) is 13.2. The molecule has 19 heavy (non-hydrogen) atoms. The molecule has 0 saturated carbocycles. The second kappa shape index (κ2) is 4.70. The third kappa shape index (κ3) is 2.28. The molecule has 0 spiro atoms. The molecule has 0 atom stereocenters. The van der Waals surface area contributed by atoms with E-state index in [9.17, 15) is 5.11 Å². The first-order chi connectivity index (χ1) is 9.24. The van der Waals surface area contributed by atoms with Gasteiger partial charge >= 0.3 is 0 Å². The Labute approximate surface area is 113 Å².